The Bertz CT molecular complexity index is 1900. The topological polar surface area (TPSA) is 189 Å². The number of hydrogen-bond donors (Lipinski definition) is 3. The number of nitrogens with one attached hydrogen (secondary N) is 1. The molecule has 3 aliphatic carbocycles. The molecule has 3 heterocycles. The lowest BCUT2D eigenvalue weighted by atomic mass is 9.45. The summed E-state index contributed by atoms with van der Waals surface area (Å²) >= 11 is 0. The monoisotopic (exact) mass is 854 g/mol. The van der Waals surface area contributed by atoms with Gasteiger partial charge < -0.3 is 48.7 Å². The summed E-state index contributed by atoms with van der Waals surface area (Å²) < 4.78 is 44.9. The van der Waals surface area contributed by atoms with Crippen molar-refractivity contribution in [2.24, 2.45) is 22.2 Å². The second-order valence-electron chi connectivity index (χ2n) is 21.0. The maximum absolute atomic E-state index is 14.4. The summed E-state index contributed by atoms with van der Waals surface area (Å²) in [5.74, 6) is -3.20. The second-order valence-corrected chi connectivity index (χ2v) is 21.0. The Morgan fingerprint density at radius 1 is 1.00 bits per heavy atom. The van der Waals surface area contributed by atoms with E-state index >= 15 is 0 Å². The van der Waals surface area contributed by atoms with Gasteiger partial charge in [-0.3, -0.25) is 9.69 Å². The number of esters is 3. The van der Waals surface area contributed by atoms with E-state index in [4.69, 9.17) is 33.2 Å². The van der Waals surface area contributed by atoms with E-state index in [0.29, 0.717) is 30.5 Å². The van der Waals surface area contributed by atoms with Crippen molar-refractivity contribution in [1.82, 2.24) is 10.2 Å². The summed E-state index contributed by atoms with van der Waals surface area (Å²) in [5.41, 5.74) is -5.76. The maximum Gasteiger partial charge on any atom is 0.407 e. The van der Waals surface area contributed by atoms with Gasteiger partial charge in [0.2, 0.25) is 0 Å². The van der Waals surface area contributed by atoms with Crippen molar-refractivity contribution < 1.29 is 62.5 Å². The van der Waals surface area contributed by atoms with Crippen LogP contribution in [0.25, 0.3) is 0 Å². The number of alkyl carbamates (subject to hydrolysis) is 1. The summed E-state index contributed by atoms with van der Waals surface area (Å²) in [6.07, 6.45) is -6.16. The Balaban J connectivity index is 1.37. The van der Waals surface area contributed by atoms with E-state index in [0.717, 1.165) is 19.5 Å². The predicted molar refractivity (Wildman–Crippen MR) is 220 cm³/mol. The summed E-state index contributed by atoms with van der Waals surface area (Å²) in [4.78, 5) is 57.1. The summed E-state index contributed by atoms with van der Waals surface area (Å²) in [6, 6.07) is 7.33. The van der Waals surface area contributed by atoms with Crippen LogP contribution in [0.4, 0.5) is 4.79 Å². The number of likely N-dealkylation sites (tertiary alicyclic amines) is 1. The fraction of sp³-hybridized carbons (Fsp3) is 0.739. The van der Waals surface area contributed by atoms with Crippen molar-refractivity contribution in [1.29, 1.82) is 0 Å². The third-order valence-electron chi connectivity index (χ3n) is 14.3. The van der Waals surface area contributed by atoms with Crippen LogP contribution in [-0.2, 0) is 42.7 Å². The third-order valence-corrected chi connectivity index (χ3v) is 14.3. The Kier molecular flexibility index (Phi) is 11.8. The Morgan fingerprint density at radius 2 is 1.67 bits per heavy atom. The van der Waals surface area contributed by atoms with Crippen molar-refractivity contribution in [3.63, 3.8) is 0 Å². The smallest absolute Gasteiger partial charge is 0.407 e. The molecule has 1 amide bonds. The molecule has 0 unspecified atom stereocenters. The number of carbonyl (C=O) groups excluding carboxylic acids is 4. The average molecular weight is 855 g/mol. The lowest BCUT2D eigenvalue weighted by molar-refractivity contribution is -0.345. The number of benzene rings is 1. The van der Waals surface area contributed by atoms with Crippen LogP contribution in [0, 0.1) is 22.2 Å². The zero-order valence-electron chi connectivity index (χ0n) is 37.6. The standard InChI is InChI=1S/C46H66N2O13/c1-25-28(56-39(52)32(50)35(41(3,4)5)47-40(53)61-42(6,7)8)22-46(54)37(59-38(51)27-16-13-12-14-17-27)34-44(11,19-18-29-45(34,24-55-29)60-26(2)49)36-33(31(25)43(46,9)10)57-30(58-36)23-48-20-15-21-48/h12-14,16-17,28-30,32-37,50,54H,15,18-24H2,1-11H3,(H,47,53)/t28-,29+,30+,32+,33+,34-,35+,36+,37-,44+,45-,46+/m0/s1. The molecule has 2 saturated carbocycles. The van der Waals surface area contributed by atoms with Crippen molar-refractivity contribution in [2.75, 3.05) is 26.2 Å². The van der Waals surface area contributed by atoms with Crippen LogP contribution in [0.15, 0.2) is 41.5 Å². The van der Waals surface area contributed by atoms with Crippen LogP contribution < -0.4 is 5.32 Å². The van der Waals surface area contributed by atoms with Crippen LogP contribution >= 0.6 is 0 Å². The molecule has 15 nitrogen and oxygen atoms in total. The number of rotatable bonds is 9. The second kappa shape index (κ2) is 15.9. The number of ether oxygens (including phenoxy) is 7. The van der Waals surface area contributed by atoms with Gasteiger partial charge in [0.1, 0.15) is 35.6 Å². The first-order chi connectivity index (χ1) is 28.3. The molecule has 15 heteroatoms. The highest BCUT2D eigenvalue weighted by Gasteiger charge is 2.77. The van der Waals surface area contributed by atoms with Gasteiger partial charge in [0, 0.05) is 30.7 Å². The third kappa shape index (κ3) is 8.00. The van der Waals surface area contributed by atoms with E-state index < -0.39 is 112 Å². The molecule has 1 aromatic carbocycles. The molecule has 7 rings (SSSR count). The Morgan fingerprint density at radius 3 is 2.23 bits per heavy atom. The molecule has 0 radical (unpaired) electrons. The lowest BCUT2D eigenvalue weighted by Crippen LogP contribution is -2.79. The first-order valence-electron chi connectivity index (χ1n) is 21.7. The number of aliphatic hydroxyl groups is 2. The van der Waals surface area contributed by atoms with Gasteiger partial charge in [-0.1, -0.05) is 59.7 Å². The lowest BCUT2D eigenvalue weighted by Gasteiger charge is -2.68. The van der Waals surface area contributed by atoms with Crippen LogP contribution in [-0.4, -0.2) is 131 Å². The molecule has 0 aromatic heterocycles. The highest BCUT2D eigenvalue weighted by Crippen LogP contribution is 2.66. The number of hydrogen-bond acceptors (Lipinski definition) is 14. The van der Waals surface area contributed by atoms with Crippen molar-refractivity contribution in [3.05, 3.63) is 47.0 Å². The molecule has 1 aromatic rings. The minimum absolute atomic E-state index is 0.00593. The molecule has 3 aliphatic heterocycles. The number of fused-ring (bicyclic) bond motifs is 8. The number of nitrogens with zero attached hydrogens (tertiary/aromatic N) is 1. The number of amides is 1. The summed E-state index contributed by atoms with van der Waals surface area (Å²) in [6.45, 7) is 21.6. The van der Waals surface area contributed by atoms with Gasteiger partial charge in [0.25, 0.3) is 0 Å². The van der Waals surface area contributed by atoms with Gasteiger partial charge in [-0.2, -0.15) is 0 Å². The van der Waals surface area contributed by atoms with E-state index in [1.807, 2.05) is 27.7 Å². The largest absolute Gasteiger partial charge is 0.456 e. The first-order valence-corrected chi connectivity index (χ1v) is 21.7. The molecule has 12 atom stereocenters. The molecule has 5 fully saturated rings. The Labute approximate surface area is 359 Å². The van der Waals surface area contributed by atoms with Gasteiger partial charge in [0.15, 0.2) is 18.0 Å². The highest BCUT2D eigenvalue weighted by molar-refractivity contribution is 5.89. The molecule has 0 spiro atoms. The van der Waals surface area contributed by atoms with E-state index in [9.17, 15) is 29.4 Å². The fourth-order valence-corrected chi connectivity index (χ4v) is 11.1. The fourth-order valence-electron chi connectivity index (χ4n) is 11.1. The molecular weight excluding hydrogens is 789 g/mol. The molecule has 61 heavy (non-hydrogen) atoms. The van der Waals surface area contributed by atoms with E-state index in [1.54, 1.807) is 71.9 Å². The van der Waals surface area contributed by atoms with Gasteiger partial charge in [-0.05, 0) is 88.7 Å². The van der Waals surface area contributed by atoms with Gasteiger partial charge in [0.05, 0.1) is 30.2 Å². The molecule has 6 aliphatic rings. The number of aliphatic hydroxyl groups excluding tert-OH is 1. The zero-order valence-corrected chi connectivity index (χ0v) is 37.6. The van der Waals surface area contributed by atoms with Crippen LogP contribution in [0.3, 0.4) is 0 Å². The van der Waals surface area contributed by atoms with Crippen molar-refractivity contribution in [3.8, 4) is 0 Å². The summed E-state index contributed by atoms with van der Waals surface area (Å²) in [5, 5.41) is 28.3. The van der Waals surface area contributed by atoms with E-state index in [1.165, 1.54) is 6.92 Å². The minimum atomic E-state index is -2.03. The van der Waals surface area contributed by atoms with Gasteiger partial charge in [-0.25, -0.2) is 14.4 Å². The highest BCUT2D eigenvalue weighted by atomic mass is 16.7. The van der Waals surface area contributed by atoms with Crippen molar-refractivity contribution >= 4 is 24.0 Å². The molecule has 338 valence electrons. The van der Waals surface area contributed by atoms with E-state index in [2.05, 4.69) is 10.2 Å². The minimum Gasteiger partial charge on any atom is -0.456 e. The van der Waals surface area contributed by atoms with Crippen molar-refractivity contribution in [2.45, 2.75) is 168 Å². The van der Waals surface area contributed by atoms with E-state index in [-0.39, 0.29) is 18.6 Å². The number of carbonyl (C=O) groups is 4. The molecule has 3 N–H and O–H groups in total. The first kappa shape index (κ1) is 45.4. The Hall–Kier alpha value is -3.60. The summed E-state index contributed by atoms with van der Waals surface area (Å²) in [7, 11) is 0. The maximum atomic E-state index is 14.4. The predicted octanol–water partition coefficient (Wildman–Crippen LogP) is 4.85. The van der Waals surface area contributed by atoms with Gasteiger partial charge >= 0.3 is 24.0 Å². The molecule has 3 saturated heterocycles. The normalized spacial score (nSPS) is 36.5. The van der Waals surface area contributed by atoms with Gasteiger partial charge in [-0.15, -0.1) is 0 Å². The molecular formula is C46H66N2O13. The average Bonchev–Trinajstić information content (AvgIpc) is 3.54. The quantitative estimate of drug-likeness (QED) is 0.174. The molecule has 2 bridgehead atoms. The zero-order chi connectivity index (χ0) is 44.7. The SMILES string of the molecule is CC(=O)O[C@@]12CO[C@@H]1CC[C@@]1(C)[C@@H]3O[C@H](CN4CCC4)O[C@@H]3C3=C(C)[C@@H](OC(=O)[C@H](O)[C@@H](NC(=O)OC(C)(C)C)C(C)(C)C)C[C@@](O)([C@@H](OC(=O)c4ccccc4)[C@@H]12)C3(C)C. The van der Waals surface area contributed by atoms with Crippen LogP contribution in [0.2, 0.25) is 0 Å². The van der Waals surface area contributed by atoms with Crippen LogP contribution in [0.1, 0.15) is 112 Å². The van der Waals surface area contributed by atoms with Crippen LogP contribution in [0.5, 0.6) is 0 Å².